The van der Waals surface area contributed by atoms with Gasteiger partial charge in [0.2, 0.25) is 5.91 Å². The van der Waals surface area contributed by atoms with Gasteiger partial charge >= 0.3 is 48.6 Å². The molecule has 0 radical (unpaired) electrons. The highest BCUT2D eigenvalue weighted by atomic mass is 31.2. The third-order valence-corrected chi connectivity index (χ3v) is 22.5. The number of aliphatic hydroxyl groups is 2. The molecule has 1 aliphatic carbocycles. The molecule has 0 saturated carbocycles. The highest BCUT2D eigenvalue weighted by molar-refractivity contribution is 7.48. The molecule has 4 aliphatic rings. The molecular weight excluding hydrogens is 1830 g/mol. The molecule has 2 aromatic carbocycles. The van der Waals surface area contributed by atoms with Gasteiger partial charge in [-0.25, -0.2) is 32.6 Å². The second-order valence-corrected chi connectivity index (χ2v) is 33.9. The third-order valence-electron chi connectivity index (χ3n) is 18.5. The van der Waals surface area contributed by atoms with Crippen molar-refractivity contribution in [1.29, 1.82) is 0 Å². The summed E-state index contributed by atoms with van der Waals surface area (Å²) in [6.45, 7) is 0.448. The minimum atomic E-state index is -5.10. The normalized spacial score (nSPS) is 18.3. The number of aromatic nitrogens is 4. The molecule has 2 amide bonds. The minimum absolute atomic E-state index is 0.00936. The highest BCUT2D eigenvalue weighted by Gasteiger charge is 2.44. The molecule has 2 fully saturated rings. The zero-order valence-corrected chi connectivity index (χ0v) is 75.1. The van der Waals surface area contributed by atoms with Crippen LogP contribution in [0, 0.1) is 0 Å². The number of phosphoric ester groups is 4. The number of carboxylic acids is 1. The summed E-state index contributed by atoms with van der Waals surface area (Å²) >= 11 is 0. The Morgan fingerprint density at radius 2 is 0.992 bits per heavy atom. The van der Waals surface area contributed by atoms with Crippen molar-refractivity contribution < 1.29 is 180 Å². The van der Waals surface area contributed by atoms with Gasteiger partial charge in [-0.05, 0) is 73.0 Å². The Balaban J connectivity index is 0.706. The molecule has 53 heteroatoms. The number of fused-ring (bicyclic) bond motifs is 2. The molecule has 10 unspecified atom stereocenters. The molecule has 4 aromatic rings. The first-order valence-corrected chi connectivity index (χ1v) is 47.5. The van der Waals surface area contributed by atoms with Gasteiger partial charge in [0.25, 0.3) is 11.5 Å². The number of phenols is 1. The molecule has 13 N–H and O–H groups in total. The summed E-state index contributed by atoms with van der Waals surface area (Å²) < 4.78 is 176. The van der Waals surface area contributed by atoms with Crippen LogP contribution >= 0.6 is 31.3 Å². The van der Waals surface area contributed by atoms with E-state index in [1.54, 1.807) is 6.07 Å². The Labute approximate surface area is 749 Å². The number of carbonyl (C=O) groups excluding carboxylic acids is 2. The molecule has 732 valence electrons. The predicted molar refractivity (Wildman–Crippen MR) is 456 cm³/mol. The largest absolute Gasteiger partial charge is 0.508 e. The maximum Gasteiger partial charge on any atom is 0.472 e. The van der Waals surface area contributed by atoms with E-state index in [0.29, 0.717) is 81.8 Å². The fourth-order valence-corrected chi connectivity index (χ4v) is 15.3. The lowest BCUT2D eigenvalue weighted by Gasteiger charge is -2.22. The number of aliphatic hydroxyl groups excluding tert-OH is 2. The average molecular weight is 1940 g/mol. The van der Waals surface area contributed by atoms with E-state index in [1.165, 1.54) is 60.8 Å². The Hall–Kier alpha value is -7.76. The van der Waals surface area contributed by atoms with E-state index in [9.17, 15) is 86.7 Å². The first-order chi connectivity index (χ1) is 63.0. The van der Waals surface area contributed by atoms with Crippen molar-refractivity contribution in [2.75, 3.05) is 230 Å². The molecule has 0 spiro atoms. The zero-order chi connectivity index (χ0) is 94.3. The van der Waals surface area contributed by atoms with Crippen molar-refractivity contribution in [2.24, 2.45) is 0 Å². The minimum Gasteiger partial charge on any atom is -0.508 e. The number of carbonyl (C=O) groups is 3. The lowest BCUT2D eigenvalue weighted by atomic mass is 9.89. The number of ether oxygens (including phenoxy) is 14. The molecule has 8 rings (SSSR count). The van der Waals surface area contributed by atoms with E-state index in [-0.39, 0.29) is 209 Å². The number of amides is 2. The van der Waals surface area contributed by atoms with Gasteiger partial charge in [0.05, 0.1) is 229 Å². The molecule has 3 aliphatic heterocycles. The van der Waals surface area contributed by atoms with E-state index < -0.39 is 142 Å². The number of nitrogens with two attached hydrogens (primary N) is 1. The van der Waals surface area contributed by atoms with E-state index >= 15 is 0 Å². The predicted octanol–water partition coefficient (Wildman–Crippen LogP) is 2.81. The highest BCUT2D eigenvalue weighted by Crippen LogP contribution is 2.51. The van der Waals surface area contributed by atoms with Gasteiger partial charge in [-0.3, -0.25) is 69.5 Å². The number of aromatic hydroxyl groups is 1. The third kappa shape index (κ3) is 40.8. The van der Waals surface area contributed by atoms with Crippen LogP contribution < -0.4 is 38.7 Å². The standard InChI is InChI=1S/C78H113N7O42P4/c79-69-13-16-84(77(95)82-69)71-50-63(89)67(125-71)53-122-129(99,100)119-44-39-115-35-36-116-41-46-121-131(103,104)127-66-51-72(126-68(66)54-123-130(101,102)120-45-40-114-34-31-111-28-25-108-24-27-110-30-33-113-38-43-118-128(97,98)117-42-37-112-32-29-109-26-23-107-22-21-106-20-19-105-18-17-86)85-52-56(75(92)83-78(85)96)6-12-70(90)80-14-3-1-2-4-15-81-74(91)55-5-9-59(76(93)94)62(47-55)73-60-10-7-57(87)48-64(60)124-65-49-58(88)8-11-61(65)73/h5-13,16,47-49,52,63,66-68,71-72,86-87,89H,1-4,14-15,17-46,50-51,53-54H2,(H,80,90)(H,81,91)(H,93,94)(H,97,98)(H,99,100)(H,101,102)(H,103,104)(H2,79,82,95)(H,83,92,96)/b12-6+. The van der Waals surface area contributed by atoms with Crippen LogP contribution in [0.2, 0.25) is 0 Å². The van der Waals surface area contributed by atoms with Crippen molar-refractivity contribution in [3.63, 3.8) is 0 Å². The SMILES string of the molecule is Nc1ccn(C2CC(O)C(COP(=O)(O)OCCOCCOCCOP(=O)(O)OC3CC(n4cc(/C=C/C(=O)NCCCCCCNC(=O)c5ccc(C(=O)O)c(-c6c7ccc(=O)cc-7oc7cc(O)ccc67)c5)c(=O)[nH]c4=O)OC3COP(=O)(O)OCCOCCOCCOCCOCCOCCOP(=O)(O)OCCOCCOCCOCCOCCOCCO)O2)c(=O)n1. The van der Waals surface area contributed by atoms with Crippen molar-refractivity contribution in [1.82, 2.24) is 29.7 Å². The van der Waals surface area contributed by atoms with E-state index in [4.69, 9.17) is 118 Å². The smallest absolute Gasteiger partial charge is 0.472 e. The van der Waals surface area contributed by atoms with Gasteiger partial charge < -0.3 is 127 Å². The summed E-state index contributed by atoms with van der Waals surface area (Å²) in [7, 11) is -19.1. The number of phosphoric acid groups is 4. The summed E-state index contributed by atoms with van der Waals surface area (Å²) in [5.74, 6) is -2.41. The number of carboxylic acid groups (broad SMARTS) is 1. The number of nitrogens with one attached hydrogen (secondary N) is 3. The van der Waals surface area contributed by atoms with Gasteiger partial charge in [0, 0.05) is 78.6 Å². The average Bonchev–Trinajstić information content (AvgIpc) is 1.44. The van der Waals surface area contributed by atoms with Crippen LogP contribution in [0.4, 0.5) is 5.82 Å². The molecule has 49 nitrogen and oxygen atoms in total. The lowest BCUT2D eigenvalue weighted by Crippen LogP contribution is -2.33. The van der Waals surface area contributed by atoms with Crippen molar-refractivity contribution in [3.8, 4) is 28.2 Å². The van der Waals surface area contributed by atoms with Crippen molar-refractivity contribution in [2.45, 2.75) is 75.4 Å². The number of benzene rings is 3. The topological polar surface area (TPSA) is 654 Å². The lowest BCUT2D eigenvalue weighted by molar-refractivity contribution is -0.116. The second kappa shape index (κ2) is 58.5. The monoisotopic (exact) mass is 1940 g/mol. The number of aromatic amines is 1. The number of rotatable bonds is 71. The molecule has 5 heterocycles. The van der Waals surface area contributed by atoms with Gasteiger partial charge in [-0.1, -0.05) is 12.8 Å². The molecule has 2 aromatic heterocycles. The molecule has 131 heavy (non-hydrogen) atoms. The van der Waals surface area contributed by atoms with Gasteiger partial charge in [-0.15, -0.1) is 0 Å². The van der Waals surface area contributed by atoms with Gasteiger partial charge in [0.1, 0.15) is 53.7 Å². The number of unbranched alkanes of at least 4 members (excludes halogenated alkanes) is 3. The number of nitrogens with zero attached hydrogens (tertiary/aromatic N) is 3. The Kier molecular flexibility index (Phi) is 48.5. The summed E-state index contributed by atoms with van der Waals surface area (Å²) in [6, 6.07) is 13.8. The van der Waals surface area contributed by atoms with Crippen molar-refractivity contribution in [3.05, 3.63) is 137 Å². The van der Waals surface area contributed by atoms with E-state index in [0.717, 1.165) is 27.5 Å². The maximum atomic E-state index is 13.5. The number of nitrogen functional groups attached to an aromatic ring is 1. The fourth-order valence-electron chi connectivity index (χ4n) is 12.3. The Bertz CT molecular complexity index is 4930. The van der Waals surface area contributed by atoms with Gasteiger partial charge in [0.15, 0.2) is 5.43 Å². The fraction of sp³-hybridized carbons (Fsp3) is 0.590. The summed E-state index contributed by atoms with van der Waals surface area (Å²) in [6.07, 6.45) is -1.54. The maximum absolute atomic E-state index is 13.5. The zero-order valence-electron chi connectivity index (χ0n) is 71.5. The molecule has 0 bridgehead atoms. The Morgan fingerprint density at radius 1 is 0.527 bits per heavy atom. The molecule has 10 atom stereocenters. The van der Waals surface area contributed by atoms with Crippen LogP contribution in [0.1, 0.15) is 77.3 Å². The number of hydrogen-bond acceptors (Lipinski definition) is 39. The second-order valence-electron chi connectivity index (χ2n) is 28.1. The van der Waals surface area contributed by atoms with Crippen LogP contribution in [0.5, 0.6) is 5.75 Å². The number of anilines is 1. The van der Waals surface area contributed by atoms with E-state index in [1.807, 2.05) is 0 Å². The van der Waals surface area contributed by atoms with Crippen LogP contribution in [-0.2, 0) is 126 Å². The first-order valence-electron chi connectivity index (χ1n) is 41.6. The number of hydrogen-bond donors (Lipinski definition) is 12. The Morgan fingerprint density at radius 3 is 1.50 bits per heavy atom. The quantitative estimate of drug-likeness (QED) is 0.0113. The van der Waals surface area contributed by atoms with E-state index in [2.05, 4.69) is 20.6 Å². The number of aromatic carboxylic acids is 1. The summed E-state index contributed by atoms with van der Waals surface area (Å²) in [5.41, 5.74) is 3.36. The number of H-pyrrole nitrogens is 1. The first kappa shape index (κ1) is 109. The molecule has 2 saturated heterocycles. The molecular formula is C78H113N7O42P4. The van der Waals surface area contributed by atoms with Crippen LogP contribution in [0.3, 0.4) is 0 Å². The van der Waals surface area contributed by atoms with Crippen LogP contribution in [0.25, 0.3) is 39.5 Å². The number of phenolic OH excluding ortho intramolecular Hbond substituents is 1. The summed E-state index contributed by atoms with van der Waals surface area (Å²) in [5, 5.41) is 45.5. The van der Waals surface area contributed by atoms with Crippen molar-refractivity contribution >= 4 is 71.9 Å². The summed E-state index contributed by atoms with van der Waals surface area (Å²) in [4.78, 5) is 137. The van der Waals surface area contributed by atoms with Crippen LogP contribution in [0.15, 0.2) is 103 Å². The van der Waals surface area contributed by atoms with Gasteiger partial charge in [-0.2, -0.15) is 4.98 Å². The van der Waals surface area contributed by atoms with Crippen LogP contribution in [-0.4, -0.2) is 326 Å².